The van der Waals surface area contributed by atoms with Gasteiger partial charge >= 0.3 is 0 Å². The molecular formula is C17H19N3O3S. The number of amides is 1. The zero-order valence-electron chi connectivity index (χ0n) is 13.6. The number of fused-ring (bicyclic) bond motifs is 1. The lowest BCUT2D eigenvalue weighted by atomic mass is 10.0. The molecule has 1 aromatic carbocycles. The van der Waals surface area contributed by atoms with Gasteiger partial charge in [0.15, 0.2) is 0 Å². The fourth-order valence-corrected chi connectivity index (χ4v) is 3.76. The van der Waals surface area contributed by atoms with E-state index in [2.05, 4.69) is 4.98 Å². The largest absolute Gasteiger partial charge is 0.308 e. The molecule has 3 rings (SSSR count). The summed E-state index contributed by atoms with van der Waals surface area (Å²) in [6.07, 6.45) is 4.73. The predicted molar refractivity (Wildman–Crippen MR) is 91.5 cm³/mol. The van der Waals surface area contributed by atoms with E-state index in [1.54, 1.807) is 47.6 Å². The second-order valence-electron chi connectivity index (χ2n) is 5.87. The van der Waals surface area contributed by atoms with E-state index in [-0.39, 0.29) is 10.8 Å². The van der Waals surface area contributed by atoms with Crippen LogP contribution in [0, 0.1) is 0 Å². The second kappa shape index (κ2) is 6.33. The average Bonchev–Trinajstić information content (AvgIpc) is 2.60. The van der Waals surface area contributed by atoms with Gasteiger partial charge in [0.25, 0.3) is 5.91 Å². The van der Waals surface area contributed by atoms with Gasteiger partial charge in [0.1, 0.15) is 0 Å². The minimum Gasteiger partial charge on any atom is -0.308 e. The molecule has 1 aromatic heterocycles. The summed E-state index contributed by atoms with van der Waals surface area (Å²) in [7, 11) is -0.463. The lowest BCUT2D eigenvalue weighted by Gasteiger charge is -2.30. The third kappa shape index (κ3) is 2.92. The first kappa shape index (κ1) is 16.6. The van der Waals surface area contributed by atoms with Gasteiger partial charge < -0.3 is 4.90 Å². The van der Waals surface area contributed by atoms with Crippen LogP contribution in [0.4, 0.5) is 5.69 Å². The third-order valence-corrected chi connectivity index (χ3v) is 5.93. The van der Waals surface area contributed by atoms with E-state index in [1.165, 1.54) is 18.4 Å². The van der Waals surface area contributed by atoms with E-state index in [0.717, 1.165) is 24.1 Å². The van der Waals surface area contributed by atoms with Gasteiger partial charge in [-0.15, -0.1) is 0 Å². The van der Waals surface area contributed by atoms with Crippen molar-refractivity contribution >= 4 is 21.6 Å². The molecular weight excluding hydrogens is 326 g/mol. The van der Waals surface area contributed by atoms with Crippen LogP contribution in [0.15, 0.2) is 47.6 Å². The van der Waals surface area contributed by atoms with E-state index in [9.17, 15) is 13.2 Å². The molecule has 0 atom stereocenters. The van der Waals surface area contributed by atoms with Crippen molar-refractivity contribution in [3.8, 4) is 0 Å². The van der Waals surface area contributed by atoms with Crippen molar-refractivity contribution in [2.45, 2.75) is 17.7 Å². The van der Waals surface area contributed by atoms with Crippen molar-refractivity contribution < 1.29 is 13.2 Å². The maximum Gasteiger partial charge on any atom is 0.258 e. The van der Waals surface area contributed by atoms with Gasteiger partial charge in [0.2, 0.25) is 10.0 Å². The normalized spacial score (nSPS) is 14.5. The van der Waals surface area contributed by atoms with Gasteiger partial charge in [-0.3, -0.25) is 9.78 Å². The van der Waals surface area contributed by atoms with Crippen LogP contribution in [0.5, 0.6) is 0 Å². The smallest absolute Gasteiger partial charge is 0.258 e. The molecule has 2 heterocycles. The van der Waals surface area contributed by atoms with Gasteiger partial charge in [0, 0.05) is 44.3 Å². The topological polar surface area (TPSA) is 70.6 Å². The van der Waals surface area contributed by atoms with Gasteiger partial charge in [-0.2, -0.15) is 0 Å². The lowest BCUT2D eigenvalue weighted by molar-refractivity contribution is 0.0985. The number of pyridine rings is 1. The highest BCUT2D eigenvalue weighted by Gasteiger charge is 2.26. The molecule has 126 valence electrons. The van der Waals surface area contributed by atoms with Crippen molar-refractivity contribution in [2.75, 3.05) is 25.5 Å². The summed E-state index contributed by atoms with van der Waals surface area (Å²) in [5.74, 6) is -0.0958. The van der Waals surface area contributed by atoms with E-state index < -0.39 is 10.0 Å². The number of carbonyl (C=O) groups excluding carboxylic acids is 1. The molecule has 0 spiro atoms. The number of rotatable bonds is 3. The van der Waals surface area contributed by atoms with Gasteiger partial charge in [-0.05, 0) is 48.7 Å². The number of anilines is 1. The number of benzene rings is 1. The first-order valence-electron chi connectivity index (χ1n) is 7.68. The van der Waals surface area contributed by atoms with Crippen LogP contribution in [0.25, 0.3) is 0 Å². The minimum absolute atomic E-state index is 0.0958. The Hall–Kier alpha value is -2.25. The molecule has 24 heavy (non-hydrogen) atoms. The zero-order valence-corrected chi connectivity index (χ0v) is 14.5. The molecule has 0 unspecified atom stereocenters. The summed E-state index contributed by atoms with van der Waals surface area (Å²) < 4.78 is 25.8. The molecule has 1 amide bonds. The summed E-state index contributed by atoms with van der Waals surface area (Å²) >= 11 is 0. The summed E-state index contributed by atoms with van der Waals surface area (Å²) in [5, 5.41) is 0. The zero-order chi connectivity index (χ0) is 17.3. The number of carbonyl (C=O) groups is 1. The van der Waals surface area contributed by atoms with Crippen molar-refractivity contribution in [3.05, 3.63) is 53.9 Å². The molecule has 0 radical (unpaired) electrons. The maximum absolute atomic E-state index is 12.7. The van der Waals surface area contributed by atoms with Crippen LogP contribution in [0.3, 0.4) is 0 Å². The van der Waals surface area contributed by atoms with Crippen LogP contribution in [0.2, 0.25) is 0 Å². The molecule has 1 aliphatic rings. The summed E-state index contributed by atoms with van der Waals surface area (Å²) in [5.41, 5.74) is 2.23. The van der Waals surface area contributed by atoms with Crippen LogP contribution in [-0.4, -0.2) is 44.3 Å². The summed E-state index contributed by atoms with van der Waals surface area (Å²) in [4.78, 5) is 18.6. The third-order valence-electron chi connectivity index (χ3n) is 4.12. The Morgan fingerprint density at radius 1 is 1.17 bits per heavy atom. The highest BCUT2D eigenvalue weighted by molar-refractivity contribution is 7.89. The number of hydrogen-bond donors (Lipinski definition) is 0. The Morgan fingerprint density at radius 2 is 1.88 bits per heavy atom. The van der Waals surface area contributed by atoms with E-state index >= 15 is 0 Å². The Morgan fingerprint density at radius 3 is 2.54 bits per heavy atom. The van der Waals surface area contributed by atoms with E-state index in [4.69, 9.17) is 0 Å². The van der Waals surface area contributed by atoms with Crippen molar-refractivity contribution in [1.82, 2.24) is 9.29 Å². The molecule has 0 saturated carbocycles. The Bertz CT molecular complexity index is 864. The SMILES string of the molecule is CN(C)S(=O)(=O)c1ccc2c(c1)CCCN2C(=O)c1ccncc1. The van der Waals surface area contributed by atoms with Crippen LogP contribution < -0.4 is 4.90 Å². The Balaban J connectivity index is 1.99. The molecule has 1 aliphatic heterocycles. The predicted octanol–water partition coefficient (Wildman–Crippen LogP) is 1.92. The number of aromatic nitrogens is 1. The Kier molecular flexibility index (Phi) is 4.38. The number of aryl methyl sites for hydroxylation is 1. The summed E-state index contributed by atoms with van der Waals surface area (Å²) in [6.45, 7) is 0.619. The molecule has 0 fully saturated rings. The molecule has 0 saturated heterocycles. The standard InChI is InChI=1S/C17H19N3O3S/c1-19(2)24(22,23)15-5-6-16-14(12-15)4-3-11-20(16)17(21)13-7-9-18-10-8-13/h5-10,12H,3-4,11H2,1-2H3. The monoisotopic (exact) mass is 345 g/mol. The lowest BCUT2D eigenvalue weighted by Crippen LogP contribution is -2.35. The van der Waals surface area contributed by atoms with Crippen molar-refractivity contribution in [2.24, 2.45) is 0 Å². The fraction of sp³-hybridized carbons (Fsp3) is 0.294. The van der Waals surface area contributed by atoms with E-state index in [0.29, 0.717) is 12.1 Å². The quantitative estimate of drug-likeness (QED) is 0.852. The molecule has 6 nitrogen and oxygen atoms in total. The summed E-state index contributed by atoms with van der Waals surface area (Å²) in [6, 6.07) is 8.33. The van der Waals surface area contributed by atoms with Crippen molar-refractivity contribution in [3.63, 3.8) is 0 Å². The Labute approximate surface area is 141 Å². The minimum atomic E-state index is -3.48. The van der Waals surface area contributed by atoms with Gasteiger partial charge in [-0.25, -0.2) is 12.7 Å². The van der Waals surface area contributed by atoms with Gasteiger partial charge in [-0.1, -0.05) is 0 Å². The maximum atomic E-state index is 12.7. The van der Waals surface area contributed by atoms with Crippen LogP contribution >= 0.6 is 0 Å². The second-order valence-corrected chi connectivity index (χ2v) is 8.03. The average molecular weight is 345 g/mol. The first-order valence-corrected chi connectivity index (χ1v) is 9.12. The van der Waals surface area contributed by atoms with Gasteiger partial charge in [0.05, 0.1) is 4.90 Å². The molecule has 0 aliphatic carbocycles. The highest BCUT2D eigenvalue weighted by Crippen LogP contribution is 2.31. The van der Waals surface area contributed by atoms with E-state index in [1.807, 2.05) is 0 Å². The molecule has 0 bridgehead atoms. The molecule has 7 heteroatoms. The number of sulfonamides is 1. The highest BCUT2D eigenvalue weighted by atomic mass is 32.2. The van der Waals surface area contributed by atoms with Crippen molar-refractivity contribution in [1.29, 1.82) is 0 Å². The molecule has 0 N–H and O–H groups in total. The fourth-order valence-electron chi connectivity index (χ4n) is 2.81. The number of hydrogen-bond acceptors (Lipinski definition) is 4. The number of nitrogens with zero attached hydrogens (tertiary/aromatic N) is 3. The first-order chi connectivity index (χ1) is 11.4. The molecule has 2 aromatic rings. The van der Waals surface area contributed by atoms with Crippen LogP contribution in [0.1, 0.15) is 22.3 Å². The van der Waals surface area contributed by atoms with Crippen LogP contribution in [-0.2, 0) is 16.4 Å².